The molecule has 0 heterocycles. The molecule has 0 bridgehead atoms. The normalized spacial score (nSPS) is 9.89. The van der Waals surface area contributed by atoms with Crippen molar-refractivity contribution in [2.45, 2.75) is 0 Å². The Hall–Kier alpha value is -2.48. The molecule has 0 unspecified atom stereocenters. The first-order valence-corrected chi connectivity index (χ1v) is 5.02. The average molecular weight is 248 g/mol. The molecule has 0 amide bonds. The highest BCUT2D eigenvalue weighted by Gasteiger charge is 2.12. The molecule has 0 radical (unpaired) electrons. The van der Waals surface area contributed by atoms with Crippen LogP contribution in [0.2, 0.25) is 0 Å². The SMILES string of the molecule is N#Cc1ccccc1Nc1cc(F)cc(F)c1F. The second-order valence-electron chi connectivity index (χ2n) is 3.53. The second kappa shape index (κ2) is 4.80. The third-order valence-corrected chi connectivity index (χ3v) is 2.31. The van der Waals surface area contributed by atoms with Crippen LogP contribution in [0.4, 0.5) is 24.5 Å². The van der Waals surface area contributed by atoms with E-state index >= 15 is 0 Å². The maximum atomic E-state index is 13.4. The third-order valence-electron chi connectivity index (χ3n) is 2.31. The maximum Gasteiger partial charge on any atom is 0.182 e. The van der Waals surface area contributed by atoms with Crippen LogP contribution in [-0.4, -0.2) is 0 Å². The second-order valence-corrected chi connectivity index (χ2v) is 3.53. The monoisotopic (exact) mass is 248 g/mol. The van der Waals surface area contributed by atoms with Gasteiger partial charge in [0.1, 0.15) is 11.9 Å². The van der Waals surface area contributed by atoms with Gasteiger partial charge in [-0.1, -0.05) is 12.1 Å². The molecule has 0 spiro atoms. The quantitative estimate of drug-likeness (QED) is 0.822. The molecule has 0 aromatic heterocycles. The summed E-state index contributed by atoms with van der Waals surface area (Å²) in [6.45, 7) is 0. The number of para-hydroxylation sites is 1. The molecular weight excluding hydrogens is 241 g/mol. The summed E-state index contributed by atoms with van der Waals surface area (Å²) in [4.78, 5) is 0. The molecule has 0 fully saturated rings. The number of benzene rings is 2. The molecule has 0 aliphatic heterocycles. The molecule has 0 saturated heterocycles. The minimum atomic E-state index is -1.29. The third kappa shape index (κ3) is 2.28. The first kappa shape index (κ1) is 12.0. The van der Waals surface area contributed by atoms with Crippen molar-refractivity contribution in [2.24, 2.45) is 0 Å². The van der Waals surface area contributed by atoms with E-state index in [-0.39, 0.29) is 16.9 Å². The summed E-state index contributed by atoms with van der Waals surface area (Å²) in [5.41, 5.74) is 0.181. The van der Waals surface area contributed by atoms with Gasteiger partial charge in [-0.05, 0) is 12.1 Å². The highest BCUT2D eigenvalue weighted by molar-refractivity contribution is 5.66. The van der Waals surface area contributed by atoms with Crippen molar-refractivity contribution in [3.63, 3.8) is 0 Å². The number of nitrogens with zero attached hydrogens (tertiary/aromatic N) is 1. The molecule has 18 heavy (non-hydrogen) atoms. The lowest BCUT2D eigenvalue weighted by Gasteiger charge is -2.09. The van der Waals surface area contributed by atoms with Crippen molar-refractivity contribution in [2.75, 3.05) is 5.32 Å². The Kier molecular flexibility index (Phi) is 3.20. The molecule has 1 N–H and O–H groups in total. The van der Waals surface area contributed by atoms with Gasteiger partial charge in [-0.3, -0.25) is 0 Å². The Bertz CT molecular complexity index is 633. The summed E-state index contributed by atoms with van der Waals surface area (Å²) in [5, 5.41) is 11.3. The van der Waals surface area contributed by atoms with Crippen LogP contribution in [0.1, 0.15) is 5.56 Å². The number of hydrogen-bond donors (Lipinski definition) is 1. The number of nitrogens with one attached hydrogen (secondary N) is 1. The largest absolute Gasteiger partial charge is 0.352 e. The number of rotatable bonds is 2. The Morgan fingerprint density at radius 2 is 1.72 bits per heavy atom. The standard InChI is InChI=1S/C13H7F3N2/c14-9-5-10(15)13(16)12(6-9)18-11-4-2-1-3-8(11)7-17/h1-6,18H. The van der Waals surface area contributed by atoms with Crippen LogP contribution >= 0.6 is 0 Å². The van der Waals surface area contributed by atoms with Gasteiger partial charge < -0.3 is 5.32 Å². The molecule has 90 valence electrons. The highest BCUT2D eigenvalue weighted by atomic mass is 19.2. The summed E-state index contributed by atoms with van der Waals surface area (Å²) in [7, 11) is 0. The average Bonchev–Trinajstić information content (AvgIpc) is 2.36. The summed E-state index contributed by atoms with van der Waals surface area (Å²) in [6, 6.07) is 9.45. The van der Waals surface area contributed by atoms with Crippen molar-refractivity contribution in [1.82, 2.24) is 0 Å². The van der Waals surface area contributed by atoms with Gasteiger partial charge in [0.25, 0.3) is 0 Å². The number of hydrogen-bond acceptors (Lipinski definition) is 2. The van der Waals surface area contributed by atoms with Gasteiger partial charge in [0.05, 0.1) is 16.9 Å². The lowest BCUT2D eigenvalue weighted by molar-refractivity contribution is 0.498. The van der Waals surface area contributed by atoms with Crippen molar-refractivity contribution in [3.8, 4) is 6.07 Å². The van der Waals surface area contributed by atoms with E-state index in [0.717, 1.165) is 6.07 Å². The fourth-order valence-corrected chi connectivity index (χ4v) is 1.48. The van der Waals surface area contributed by atoms with E-state index in [1.165, 1.54) is 12.1 Å². The molecular formula is C13H7F3N2. The van der Waals surface area contributed by atoms with Crippen molar-refractivity contribution in [1.29, 1.82) is 5.26 Å². The predicted molar refractivity (Wildman–Crippen MR) is 60.8 cm³/mol. The highest BCUT2D eigenvalue weighted by Crippen LogP contribution is 2.25. The van der Waals surface area contributed by atoms with Crippen LogP contribution in [0.15, 0.2) is 36.4 Å². The topological polar surface area (TPSA) is 35.8 Å². The van der Waals surface area contributed by atoms with E-state index < -0.39 is 17.5 Å². The van der Waals surface area contributed by atoms with Crippen molar-refractivity contribution < 1.29 is 13.2 Å². The summed E-state index contributed by atoms with van der Waals surface area (Å²) in [5.74, 6) is -3.37. The van der Waals surface area contributed by atoms with Gasteiger partial charge in [-0.25, -0.2) is 13.2 Å². The van der Waals surface area contributed by atoms with E-state index in [0.29, 0.717) is 6.07 Å². The molecule has 5 heteroatoms. The molecule has 2 nitrogen and oxygen atoms in total. The Morgan fingerprint density at radius 3 is 2.44 bits per heavy atom. The molecule has 0 saturated carbocycles. The zero-order chi connectivity index (χ0) is 13.1. The van der Waals surface area contributed by atoms with Gasteiger partial charge in [0.15, 0.2) is 11.6 Å². The number of nitriles is 1. The van der Waals surface area contributed by atoms with Crippen molar-refractivity contribution >= 4 is 11.4 Å². The number of anilines is 2. The molecule has 0 atom stereocenters. The minimum Gasteiger partial charge on any atom is -0.352 e. The zero-order valence-corrected chi connectivity index (χ0v) is 9.05. The molecule has 2 aromatic rings. The smallest absolute Gasteiger partial charge is 0.182 e. The van der Waals surface area contributed by atoms with Crippen LogP contribution < -0.4 is 5.32 Å². The van der Waals surface area contributed by atoms with Gasteiger partial charge in [-0.2, -0.15) is 5.26 Å². The van der Waals surface area contributed by atoms with Gasteiger partial charge >= 0.3 is 0 Å². The van der Waals surface area contributed by atoms with Crippen molar-refractivity contribution in [3.05, 3.63) is 59.4 Å². The molecule has 0 aliphatic carbocycles. The fraction of sp³-hybridized carbons (Fsp3) is 0. The summed E-state index contributed by atoms with van der Waals surface area (Å²) in [6.07, 6.45) is 0. The van der Waals surface area contributed by atoms with E-state index in [9.17, 15) is 13.2 Å². The van der Waals surface area contributed by atoms with E-state index in [2.05, 4.69) is 5.32 Å². The zero-order valence-electron chi connectivity index (χ0n) is 9.05. The first-order chi connectivity index (χ1) is 8.61. The molecule has 0 aliphatic rings. The van der Waals surface area contributed by atoms with Crippen LogP contribution in [-0.2, 0) is 0 Å². The first-order valence-electron chi connectivity index (χ1n) is 5.02. The lowest BCUT2D eigenvalue weighted by atomic mass is 10.2. The summed E-state index contributed by atoms with van der Waals surface area (Å²) < 4.78 is 39.4. The van der Waals surface area contributed by atoms with Crippen LogP contribution in [0.25, 0.3) is 0 Å². The predicted octanol–water partition coefficient (Wildman–Crippen LogP) is 3.72. The minimum absolute atomic E-state index is 0.251. The van der Waals surface area contributed by atoms with E-state index in [1.54, 1.807) is 12.1 Å². The summed E-state index contributed by atoms with van der Waals surface area (Å²) >= 11 is 0. The number of halogens is 3. The fourth-order valence-electron chi connectivity index (χ4n) is 1.48. The Morgan fingerprint density at radius 1 is 1.00 bits per heavy atom. The Labute approximate surface area is 101 Å². The van der Waals surface area contributed by atoms with Gasteiger partial charge in [0, 0.05) is 12.1 Å². The molecule has 2 aromatic carbocycles. The van der Waals surface area contributed by atoms with Gasteiger partial charge in [-0.15, -0.1) is 0 Å². The van der Waals surface area contributed by atoms with Crippen LogP contribution in [0.5, 0.6) is 0 Å². The molecule has 2 rings (SSSR count). The van der Waals surface area contributed by atoms with E-state index in [4.69, 9.17) is 5.26 Å². The van der Waals surface area contributed by atoms with Crippen LogP contribution in [0, 0.1) is 28.8 Å². The van der Waals surface area contributed by atoms with Crippen LogP contribution in [0.3, 0.4) is 0 Å². The van der Waals surface area contributed by atoms with Gasteiger partial charge in [0.2, 0.25) is 0 Å². The maximum absolute atomic E-state index is 13.4. The van der Waals surface area contributed by atoms with E-state index in [1.807, 2.05) is 6.07 Å². The Balaban J connectivity index is 2.44. The lowest BCUT2D eigenvalue weighted by Crippen LogP contribution is -1.99.